The maximum Gasteiger partial charge on any atom is 0.305 e. The zero-order valence-electron chi connectivity index (χ0n) is 8.24. The summed E-state index contributed by atoms with van der Waals surface area (Å²) < 4.78 is 0. The Morgan fingerprint density at radius 2 is 2.00 bits per heavy atom. The van der Waals surface area contributed by atoms with Crippen LogP contribution < -0.4 is 5.32 Å². The Bertz CT molecular complexity index is 314. The van der Waals surface area contributed by atoms with Gasteiger partial charge in [0.2, 0.25) is 0 Å². The van der Waals surface area contributed by atoms with E-state index in [2.05, 4.69) is 5.32 Å². The molecule has 0 bridgehead atoms. The molecule has 1 atom stereocenters. The summed E-state index contributed by atoms with van der Waals surface area (Å²) in [5, 5.41) is 12.3. The summed E-state index contributed by atoms with van der Waals surface area (Å²) in [5.41, 5.74) is 0.878. The number of carboxylic acids is 1. The molecule has 0 aromatic heterocycles. The lowest BCUT2D eigenvalue weighted by Crippen LogP contribution is -2.19. The van der Waals surface area contributed by atoms with E-state index in [1.54, 1.807) is 12.1 Å². The number of hydrogen-bond acceptors (Lipinski definition) is 2. The number of carboxylic acid groups (broad SMARTS) is 1. The topological polar surface area (TPSA) is 49.3 Å². The monoisotopic (exact) mass is 249 g/mol. The molecule has 0 aliphatic carbocycles. The summed E-state index contributed by atoms with van der Waals surface area (Å²) in [6.45, 7) is 1.82. The maximum absolute atomic E-state index is 10.4. The highest BCUT2D eigenvalue weighted by molar-refractivity contribution is 6.30. The van der Waals surface area contributed by atoms with Crippen LogP contribution in [0.2, 0.25) is 5.02 Å². The van der Waals surface area contributed by atoms with Crippen molar-refractivity contribution in [2.45, 2.75) is 19.4 Å². The third-order valence-electron chi connectivity index (χ3n) is 1.74. The van der Waals surface area contributed by atoms with E-state index >= 15 is 0 Å². The number of hydrogen-bond donors (Lipinski definition) is 2. The van der Waals surface area contributed by atoms with Crippen LogP contribution in [-0.2, 0) is 4.79 Å². The first kappa shape index (κ1) is 14.1. The molecule has 0 aliphatic heterocycles. The van der Waals surface area contributed by atoms with Crippen molar-refractivity contribution in [2.24, 2.45) is 0 Å². The average molecular weight is 250 g/mol. The van der Waals surface area contributed by atoms with Crippen LogP contribution in [0.5, 0.6) is 0 Å². The minimum absolute atomic E-state index is 0. The van der Waals surface area contributed by atoms with Gasteiger partial charge < -0.3 is 10.4 Å². The van der Waals surface area contributed by atoms with E-state index in [0.29, 0.717) is 5.02 Å². The van der Waals surface area contributed by atoms with E-state index in [1.807, 2.05) is 19.1 Å². The van der Waals surface area contributed by atoms with E-state index in [9.17, 15) is 4.79 Å². The molecule has 2 N–H and O–H groups in total. The Labute approximate surface area is 99.9 Å². The summed E-state index contributed by atoms with van der Waals surface area (Å²) in [5.74, 6) is -0.807. The Morgan fingerprint density at radius 1 is 1.47 bits per heavy atom. The summed E-state index contributed by atoms with van der Waals surface area (Å²) in [4.78, 5) is 10.4. The van der Waals surface area contributed by atoms with Gasteiger partial charge in [-0.1, -0.05) is 11.6 Å². The highest BCUT2D eigenvalue weighted by Gasteiger charge is 2.06. The molecule has 1 aromatic carbocycles. The number of anilines is 1. The number of nitrogens with one attached hydrogen (secondary N) is 1. The second-order valence-corrected chi connectivity index (χ2v) is 3.59. The van der Waals surface area contributed by atoms with Gasteiger partial charge in [0.1, 0.15) is 0 Å². The summed E-state index contributed by atoms with van der Waals surface area (Å²) in [7, 11) is 0. The second kappa shape index (κ2) is 6.53. The Morgan fingerprint density at radius 3 is 2.47 bits per heavy atom. The van der Waals surface area contributed by atoms with Crippen LogP contribution >= 0.6 is 24.0 Å². The van der Waals surface area contributed by atoms with Gasteiger partial charge in [-0.2, -0.15) is 0 Å². The van der Waals surface area contributed by atoms with E-state index in [4.69, 9.17) is 16.7 Å². The predicted octanol–water partition coefficient (Wildman–Crippen LogP) is 3.04. The van der Waals surface area contributed by atoms with Gasteiger partial charge in [-0.15, -0.1) is 12.4 Å². The Balaban J connectivity index is 0.00000196. The fourth-order valence-electron chi connectivity index (χ4n) is 1.14. The molecule has 1 aromatic rings. The van der Waals surface area contributed by atoms with Gasteiger partial charge in [0.15, 0.2) is 0 Å². The minimum Gasteiger partial charge on any atom is -0.481 e. The van der Waals surface area contributed by atoms with E-state index in [1.165, 1.54) is 0 Å². The third kappa shape index (κ3) is 5.50. The molecule has 0 fully saturated rings. The second-order valence-electron chi connectivity index (χ2n) is 3.15. The highest BCUT2D eigenvalue weighted by Crippen LogP contribution is 2.14. The van der Waals surface area contributed by atoms with Crippen LogP contribution in [0, 0.1) is 0 Å². The van der Waals surface area contributed by atoms with E-state index in [0.717, 1.165) is 5.69 Å². The lowest BCUT2D eigenvalue weighted by atomic mass is 10.2. The molecule has 0 radical (unpaired) electrons. The molecule has 15 heavy (non-hydrogen) atoms. The average Bonchev–Trinajstić information content (AvgIpc) is 2.07. The molecule has 3 nitrogen and oxygen atoms in total. The molecule has 1 unspecified atom stereocenters. The maximum atomic E-state index is 10.4. The van der Waals surface area contributed by atoms with Gasteiger partial charge in [-0.25, -0.2) is 0 Å². The number of halogens is 2. The standard InChI is InChI=1S/C10H12ClNO2.ClH/c1-7(6-10(13)14)12-9-4-2-8(11)3-5-9;/h2-5,7,12H,6H2,1H3,(H,13,14);1H. The first-order valence-corrected chi connectivity index (χ1v) is 4.69. The normalized spacial score (nSPS) is 11.3. The van der Waals surface area contributed by atoms with Crippen molar-refractivity contribution >= 4 is 35.7 Å². The van der Waals surface area contributed by atoms with Crippen LogP contribution in [0.3, 0.4) is 0 Å². The molecule has 84 valence electrons. The first-order valence-electron chi connectivity index (χ1n) is 4.32. The molecule has 0 saturated heterocycles. The third-order valence-corrected chi connectivity index (χ3v) is 1.99. The van der Waals surface area contributed by atoms with Gasteiger partial charge in [-0.3, -0.25) is 4.79 Å². The molecule has 0 saturated carbocycles. The first-order chi connectivity index (χ1) is 6.58. The zero-order valence-corrected chi connectivity index (χ0v) is 9.81. The molecule has 0 heterocycles. The number of aliphatic carboxylic acids is 1. The van der Waals surface area contributed by atoms with Crippen molar-refractivity contribution in [1.29, 1.82) is 0 Å². The Kier molecular flexibility index (Phi) is 6.13. The Hall–Kier alpha value is -0.930. The van der Waals surface area contributed by atoms with Gasteiger partial charge in [0.25, 0.3) is 0 Å². The summed E-state index contributed by atoms with van der Waals surface area (Å²) in [6, 6.07) is 7.07. The van der Waals surface area contributed by atoms with Crippen molar-refractivity contribution < 1.29 is 9.90 Å². The van der Waals surface area contributed by atoms with E-state index in [-0.39, 0.29) is 24.9 Å². The van der Waals surface area contributed by atoms with Gasteiger partial charge in [-0.05, 0) is 31.2 Å². The van der Waals surface area contributed by atoms with Gasteiger partial charge in [0, 0.05) is 16.8 Å². The lowest BCUT2D eigenvalue weighted by Gasteiger charge is -2.12. The van der Waals surface area contributed by atoms with Crippen molar-refractivity contribution in [3.63, 3.8) is 0 Å². The quantitative estimate of drug-likeness (QED) is 0.863. The van der Waals surface area contributed by atoms with Gasteiger partial charge in [0.05, 0.1) is 6.42 Å². The van der Waals surface area contributed by atoms with Crippen LogP contribution in [0.25, 0.3) is 0 Å². The fourth-order valence-corrected chi connectivity index (χ4v) is 1.27. The molecule has 0 amide bonds. The molecular weight excluding hydrogens is 237 g/mol. The summed E-state index contributed by atoms with van der Waals surface area (Å²) in [6.07, 6.45) is 0.0998. The van der Waals surface area contributed by atoms with Crippen molar-refractivity contribution in [2.75, 3.05) is 5.32 Å². The van der Waals surface area contributed by atoms with Crippen LogP contribution in [-0.4, -0.2) is 17.1 Å². The van der Waals surface area contributed by atoms with Crippen molar-refractivity contribution in [3.8, 4) is 0 Å². The van der Waals surface area contributed by atoms with Crippen LogP contribution in [0.4, 0.5) is 5.69 Å². The number of carbonyl (C=O) groups is 1. The molecule has 0 spiro atoms. The van der Waals surface area contributed by atoms with Crippen molar-refractivity contribution in [1.82, 2.24) is 0 Å². The lowest BCUT2D eigenvalue weighted by molar-refractivity contribution is -0.137. The van der Waals surface area contributed by atoms with Crippen LogP contribution in [0.1, 0.15) is 13.3 Å². The zero-order chi connectivity index (χ0) is 10.6. The predicted molar refractivity (Wildman–Crippen MR) is 64.0 cm³/mol. The van der Waals surface area contributed by atoms with Crippen molar-refractivity contribution in [3.05, 3.63) is 29.3 Å². The molecule has 5 heteroatoms. The molecular formula is C10H13Cl2NO2. The molecule has 0 aliphatic rings. The minimum atomic E-state index is -0.807. The summed E-state index contributed by atoms with van der Waals surface area (Å²) >= 11 is 5.71. The van der Waals surface area contributed by atoms with E-state index < -0.39 is 5.97 Å². The van der Waals surface area contributed by atoms with Crippen LogP contribution in [0.15, 0.2) is 24.3 Å². The smallest absolute Gasteiger partial charge is 0.305 e. The number of rotatable bonds is 4. The highest BCUT2D eigenvalue weighted by atomic mass is 35.5. The largest absolute Gasteiger partial charge is 0.481 e. The number of benzene rings is 1. The SMILES string of the molecule is CC(CC(=O)O)Nc1ccc(Cl)cc1.Cl. The van der Waals surface area contributed by atoms with Gasteiger partial charge >= 0.3 is 5.97 Å². The molecule has 1 rings (SSSR count). The fraction of sp³-hybridized carbons (Fsp3) is 0.300.